The Bertz CT molecular complexity index is 251. The summed E-state index contributed by atoms with van der Waals surface area (Å²) in [6.07, 6.45) is 14.3. The van der Waals surface area contributed by atoms with Gasteiger partial charge in [-0.1, -0.05) is 38.5 Å². The summed E-state index contributed by atoms with van der Waals surface area (Å²) in [6.45, 7) is 0.836. The third-order valence-corrected chi connectivity index (χ3v) is 4.48. The molecular weight excluding hydrogens is 224 g/mol. The van der Waals surface area contributed by atoms with Gasteiger partial charge < -0.3 is 5.11 Å². The molecule has 0 aromatic rings. The Labute approximate surface area is 111 Å². The first-order valence-corrected chi connectivity index (χ1v) is 7.90. The SMILES string of the molecule is OC1(N=NCC2CCCCC2)CCCCCCC1. The summed E-state index contributed by atoms with van der Waals surface area (Å²) in [6, 6.07) is 0. The van der Waals surface area contributed by atoms with Crippen molar-refractivity contribution in [2.75, 3.05) is 6.54 Å². The van der Waals surface area contributed by atoms with Crippen LogP contribution in [-0.4, -0.2) is 17.4 Å². The third kappa shape index (κ3) is 4.68. The van der Waals surface area contributed by atoms with Crippen molar-refractivity contribution in [1.29, 1.82) is 0 Å². The minimum absolute atomic E-state index is 0.722. The van der Waals surface area contributed by atoms with Gasteiger partial charge >= 0.3 is 0 Å². The smallest absolute Gasteiger partial charge is 0.176 e. The van der Waals surface area contributed by atoms with Crippen molar-refractivity contribution in [2.24, 2.45) is 16.1 Å². The van der Waals surface area contributed by atoms with Crippen molar-refractivity contribution in [2.45, 2.75) is 82.8 Å². The lowest BCUT2D eigenvalue weighted by molar-refractivity contribution is 0.0147. The molecule has 0 aromatic carbocycles. The number of nitrogens with zero attached hydrogens (tertiary/aromatic N) is 2. The molecule has 2 fully saturated rings. The second-order valence-electron chi connectivity index (χ2n) is 6.18. The molecule has 18 heavy (non-hydrogen) atoms. The molecule has 0 heterocycles. The summed E-state index contributed by atoms with van der Waals surface area (Å²) in [4.78, 5) is 0. The molecule has 0 amide bonds. The van der Waals surface area contributed by atoms with Gasteiger partial charge in [0, 0.05) is 0 Å². The Morgan fingerprint density at radius 1 is 0.833 bits per heavy atom. The van der Waals surface area contributed by atoms with Crippen molar-refractivity contribution in [3.63, 3.8) is 0 Å². The highest BCUT2D eigenvalue weighted by Crippen LogP contribution is 2.28. The molecule has 0 aliphatic heterocycles. The Morgan fingerprint density at radius 3 is 2.06 bits per heavy atom. The zero-order valence-corrected chi connectivity index (χ0v) is 11.6. The topological polar surface area (TPSA) is 45.0 Å². The van der Waals surface area contributed by atoms with Crippen LogP contribution >= 0.6 is 0 Å². The van der Waals surface area contributed by atoms with E-state index in [4.69, 9.17) is 0 Å². The van der Waals surface area contributed by atoms with E-state index in [2.05, 4.69) is 10.2 Å². The maximum atomic E-state index is 10.4. The predicted octanol–water partition coefficient (Wildman–Crippen LogP) is 4.45. The van der Waals surface area contributed by atoms with Crippen LogP contribution in [-0.2, 0) is 0 Å². The van der Waals surface area contributed by atoms with Crippen LogP contribution in [0.5, 0.6) is 0 Å². The maximum absolute atomic E-state index is 10.4. The lowest BCUT2D eigenvalue weighted by Crippen LogP contribution is -2.26. The number of rotatable bonds is 3. The van der Waals surface area contributed by atoms with E-state index in [1.165, 1.54) is 51.4 Å². The van der Waals surface area contributed by atoms with Crippen LogP contribution in [0.4, 0.5) is 0 Å². The van der Waals surface area contributed by atoms with Crippen molar-refractivity contribution >= 4 is 0 Å². The normalized spacial score (nSPS) is 26.9. The summed E-state index contributed by atoms with van der Waals surface area (Å²) in [5.74, 6) is 0.722. The molecule has 2 aliphatic carbocycles. The Hall–Kier alpha value is -0.440. The lowest BCUT2D eigenvalue weighted by Gasteiger charge is -2.25. The molecule has 2 saturated carbocycles. The summed E-state index contributed by atoms with van der Waals surface area (Å²) < 4.78 is 0. The number of azo groups is 1. The maximum Gasteiger partial charge on any atom is 0.176 e. The second kappa shape index (κ2) is 7.22. The van der Waals surface area contributed by atoms with Crippen LogP contribution in [0.15, 0.2) is 10.2 Å². The van der Waals surface area contributed by atoms with E-state index in [1.807, 2.05) is 0 Å². The average molecular weight is 252 g/mol. The first-order valence-electron chi connectivity index (χ1n) is 7.90. The van der Waals surface area contributed by atoms with Crippen molar-refractivity contribution in [3.05, 3.63) is 0 Å². The van der Waals surface area contributed by atoms with E-state index >= 15 is 0 Å². The van der Waals surface area contributed by atoms with Gasteiger partial charge in [0.25, 0.3) is 0 Å². The highest BCUT2D eigenvalue weighted by molar-refractivity contribution is 4.76. The molecule has 3 heteroatoms. The fraction of sp³-hybridized carbons (Fsp3) is 1.00. The van der Waals surface area contributed by atoms with Crippen LogP contribution in [0.2, 0.25) is 0 Å². The molecule has 0 radical (unpaired) electrons. The summed E-state index contributed by atoms with van der Waals surface area (Å²) in [5, 5.41) is 19.1. The van der Waals surface area contributed by atoms with Gasteiger partial charge in [-0.05, 0) is 44.4 Å². The highest BCUT2D eigenvalue weighted by Gasteiger charge is 2.26. The Balaban J connectivity index is 1.77. The lowest BCUT2D eigenvalue weighted by atomic mass is 9.89. The molecular formula is C15H28N2O. The van der Waals surface area contributed by atoms with Gasteiger partial charge in [0.1, 0.15) is 0 Å². The molecule has 0 atom stereocenters. The molecule has 0 spiro atoms. The van der Waals surface area contributed by atoms with Crippen LogP contribution < -0.4 is 0 Å². The standard InChI is InChI=1S/C15H28N2O/c18-15(11-7-2-1-3-8-12-15)17-16-13-14-9-5-4-6-10-14/h14,18H,1-13H2. The number of hydrogen-bond acceptors (Lipinski definition) is 3. The molecule has 3 nitrogen and oxygen atoms in total. The summed E-state index contributed by atoms with van der Waals surface area (Å²) in [5.41, 5.74) is -0.838. The predicted molar refractivity (Wildman–Crippen MR) is 73.6 cm³/mol. The van der Waals surface area contributed by atoms with E-state index in [-0.39, 0.29) is 0 Å². The minimum atomic E-state index is -0.838. The van der Waals surface area contributed by atoms with Crippen LogP contribution in [0.1, 0.15) is 77.0 Å². The quantitative estimate of drug-likeness (QED) is 0.741. The summed E-state index contributed by atoms with van der Waals surface area (Å²) in [7, 11) is 0. The molecule has 0 bridgehead atoms. The number of hydrogen-bond donors (Lipinski definition) is 1. The van der Waals surface area contributed by atoms with Crippen molar-refractivity contribution in [3.8, 4) is 0 Å². The van der Waals surface area contributed by atoms with E-state index in [9.17, 15) is 5.11 Å². The zero-order valence-electron chi connectivity index (χ0n) is 11.6. The van der Waals surface area contributed by atoms with E-state index < -0.39 is 5.72 Å². The highest BCUT2D eigenvalue weighted by atomic mass is 16.3. The van der Waals surface area contributed by atoms with Crippen LogP contribution in [0, 0.1) is 5.92 Å². The first-order chi connectivity index (χ1) is 8.79. The molecule has 2 rings (SSSR count). The Kier molecular flexibility index (Phi) is 5.61. The fourth-order valence-corrected chi connectivity index (χ4v) is 3.23. The van der Waals surface area contributed by atoms with Crippen LogP contribution in [0.3, 0.4) is 0 Å². The zero-order chi connectivity index (χ0) is 12.7. The average Bonchev–Trinajstić information content (AvgIpc) is 2.36. The molecule has 0 aromatic heterocycles. The van der Waals surface area contributed by atoms with E-state index in [1.54, 1.807) is 0 Å². The monoisotopic (exact) mass is 252 g/mol. The van der Waals surface area contributed by atoms with Gasteiger partial charge in [-0.2, -0.15) is 10.2 Å². The van der Waals surface area contributed by atoms with Gasteiger partial charge in [0.05, 0.1) is 6.54 Å². The summed E-state index contributed by atoms with van der Waals surface area (Å²) >= 11 is 0. The van der Waals surface area contributed by atoms with Crippen LogP contribution in [0.25, 0.3) is 0 Å². The largest absolute Gasteiger partial charge is 0.368 e. The molecule has 1 N–H and O–H groups in total. The second-order valence-corrected chi connectivity index (χ2v) is 6.18. The fourth-order valence-electron chi connectivity index (χ4n) is 3.23. The number of aliphatic hydroxyl groups is 1. The first kappa shape index (κ1) is 14.0. The van der Waals surface area contributed by atoms with Gasteiger partial charge in [0.2, 0.25) is 0 Å². The van der Waals surface area contributed by atoms with Gasteiger partial charge in [-0.25, -0.2) is 0 Å². The van der Waals surface area contributed by atoms with Gasteiger partial charge in [0.15, 0.2) is 5.72 Å². The molecule has 0 unspecified atom stereocenters. The van der Waals surface area contributed by atoms with Crippen molar-refractivity contribution < 1.29 is 5.11 Å². The van der Waals surface area contributed by atoms with Gasteiger partial charge in [-0.15, -0.1) is 0 Å². The molecule has 2 aliphatic rings. The van der Waals surface area contributed by atoms with Gasteiger partial charge in [-0.3, -0.25) is 0 Å². The Morgan fingerprint density at radius 2 is 1.39 bits per heavy atom. The van der Waals surface area contributed by atoms with Crippen molar-refractivity contribution in [1.82, 2.24) is 0 Å². The van der Waals surface area contributed by atoms with E-state index in [0.29, 0.717) is 0 Å². The third-order valence-electron chi connectivity index (χ3n) is 4.48. The van der Waals surface area contributed by atoms with E-state index in [0.717, 1.165) is 38.1 Å². The molecule has 104 valence electrons. The molecule has 0 saturated heterocycles. The minimum Gasteiger partial charge on any atom is -0.368 e.